The highest BCUT2D eigenvalue weighted by Gasteiger charge is 2.26. The fourth-order valence-electron chi connectivity index (χ4n) is 2.54. The third-order valence-corrected chi connectivity index (χ3v) is 3.60. The quantitative estimate of drug-likeness (QED) is 0.795. The van der Waals surface area contributed by atoms with Gasteiger partial charge in [0.25, 0.3) is 0 Å². The average Bonchev–Trinajstić information content (AvgIpc) is 2.40. The number of nitrogens with one attached hydrogen (secondary N) is 1. The Morgan fingerprint density at radius 3 is 2.76 bits per heavy atom. The number of hydrogen-bond donors (Lipinski definition) is 2. The lowest BCUT2D eigenvalue weighted by atomic mass is 10.1. The van der Waals surface area contributed by atoms with Gasteiger partial charge in [0, 0.05) is 31.9 Å². The number of ether oxygens (including phenoxy) is 1. The molecule has 3 N–H and O–H groups in total. The molecule has 0 radical (unpaired) electrons. The van der Waals surface area contributed by atoms with Crippen LogP contribution in [0.15, 0.2) is 24.3 Å². The second-order valence-electron chi connectivity index (χ2n) is 6.15. The van der Waals surface area contributed by atoms with E-state index < -0.39 is 0 Å². The topological polar surface area (TPSA) is 67.6 Å². The van der Waals surface area contributed by atoms with E-state index in [2.05, 4.69) is 24.1 Å². The van der Waals surface area contributed by atoms with E-state index >= 15 is 0 Å². The number of anilines is 1. The number of nitrogens with zero attached hydrogens (tertiary/aromatic N) is 1. The van der Waals surface area contributed by atoms with Gasteiger partial charge in [0.15, 0.2) is 0 Å². The van der Waals surface area contributed by atoms with Crippen molar-refractivity contribution in [2.75, 3.05) is 38.5 Å². The molecular weight excluding hydrogens is 266 g/mol. The average molecular weight is 291 g/mol. The van der Waals surface area contributed by atoms with Crippen LogP contribution in [0.2, 0.25) is 0 Å². The molecule has 21 heavy (non-hydrogen) atoms. The van der Waals surface area contributed by atoms with Gasteiger partial charge in [0.2, 0.25) is 5.91 Å². The molecule has 1 heterocycles. The molecule has 0 aliphatic carbocycles. The van der Waals surface area contributed by atoms with Crippen molar-refractivity contribution >= 4 is 11.6 Å². The first-order valence-electron chi connectivity index (χ1n) is 7.42. The van der Waals surface area contributed by atoms with Crippen LogP contribution in [-0.4, -0.2) is 49.2 Å². The number of carbonyl (C=O) groups is 1. The van der Waals surface area contributed by atoms with Crippen LogP contribution in [0, 0.1) is 0 Å². The highest BCUT2D eigenvalue weighted by atomic mass is 16.5. The SMILES string of the molecule is CC1(C)CN(CCNC(=O)Cc2ccc(N)cc2)CCO1. The van der Waals surface area contributed by atoms with Gasteiger partial charge in [-0.2, -0.15) is 0 Å². The number of nitrogens with two attached hydrogens (primary N) is 1. The van der Waals surface area contributed by atoms with Crippen LogP contribution in [0.3, 0.4) is 0 Å². The Kier molecular flexibility index (Phi) is 5.20. The molecule has 0 spiro atoms. The van der Waals surface area contributed by atoms with Crippen molar-refractivity contribution in [3.05, 3.63) is 29.8 Å². The van der Waals surface area contributed by atoms with Crippen LogP contribution in [0.4, 0.5) is 5.69 Å². The molecule has 1 aliphatic heterocycles. The van der Waals surface area contributed by atoms with Crippen LogP contribution >= 0.6 is 0 Å². The summed E-state index contributed by atoms with van der Waals surface area (Å²) in [5.74, 6) is 0.0484. The van der Waals surface area contributed by atoms with E-state index in [1.165, 1.54) is 0 Å². The summed E-state index contributed by atoms with van der Waals surface area (Å²) in [5, 5.41) is 2.97. The van der Waals surface area contributed by atoms with Crippen LogP contribution in [0.5, 0.6) is 0 Å². The summed E-state index contributed by atoms with van der Waals surface area (Å²) in [5.41, 5.74) is 7.23. The molecule has 5 heteroatoms. The molecule has 0 saturated carbocycles. The molecule has 1 aromatic carbocycles. The Bertz CT molecular complexity index is 471. The molecule has 0 bridgehead atoms. The number of rotatable bonds is 5. The van der Waals surface area contributed by atoms with Gasteiger partial charge in [-0.15, -0.1) is 0 Å². The summed E-state index contributed by atoms with van der Waals surface area (Å²) in [4.78, 5) is 14.2. The van der Waals surface area contributed by atoms with Gasteiger partial charge in [0.1, 0.15) is 0 Å². The zero-order valence-electron chi connectivity index (χ0n) is 12.9. The van der Waals surface area contributed by atoms with E-state index in [0.717, 1.165) is 31.8 Å². The lowest BCUT2D eigenvalue weighted by Crippen LogP contribution is -2.50. The van der Waals surface area contributed by atoms with E-state index in [9.17, 15) is 4.79 Å². The lowest BCUT2D eigenvalue weighted by Gasteiger charge is -2.38. The fraction of sp³-hybridized carbons (Fsp3) is 0.562. The standard InChI is InChI=1S/C16H25N3O2/c1-16(2)12-19(9-10-21-16)8-7-18-15(20)11-13-3-5-14(17)6-4-13/h3-6H,7-12,17H2,1-2H3,(H,18,20). The maximum Gasteiger partial charge on any atom is 0.224 e. The molecule has 1 amide bonds. The van der Waals surface area contributed by atoms with Crippen molar-refractivity contribution in [2.24, 2.45) is 0 Å². The van der Waals surface area contributed by atoms with Gasteiger partial charge in [0.05, 0.1) is 18.6 Å². The zero-order valence-corrected chi connectivity index (χ0v) is 12.9. The highest BCUT2D eigenvalue weighted by molar-refractivity contribution is 5.78. The van der Waals surface area contributed by atoms with Gasteiger partial charge in [-0.1, -0.05) is 12.1 Å². The maximum absolute atomic E-state index is 11.9. The molecule has 116 valence electrons. The van der Waals surface area contributed by atoms with Gasteiger partial charge in [-0.25, -0.2) is 0 Å². The van der Waals surface area contributed by atoms with Gasteiger partial charge >= 0.3 is 0 Å². The van der Waals surface area contributed by atoms with Crippen molar-refractivity contribution < 1.29 is 9.53 Å². The second-order valence-corrected chi connectivity index (χ2v) is 6.15. The van der Waals surface area contributed by atoms with E-state index in [1.54, 1.807) is 0 Å². The van der Waals surface area contributed by atoms with Crippen LogP contribution in [0.1, 0.15) is 19.4 Å². The van der Waals surface area contributed by atoms with Gasteiger partial charge in [-0.05, 0) is 31.5 Å². The molecular formula is C16H25N3O2. The normalized spacial score (nSPS) is 18.4. The highest BCUT2D eigenvalue weighted by Crippen LogP contribution is 2.15. The van der Waals surface area contributed by atoms with E-state index in [4.69, 9.17) is 10.5 Å². The van der Waals surface area contributed by atoms with Crippen molar-refractivity contribution in [3.63, 3.8) is 0 Å². The number of hydrogen-bond acceptors (Lipinski definition) is 4. The molecule has 5 nitrogen and oxygen atoms in total. The minimum Gasteiger partial charge on any atom is -0.399 e. The van der Waals surface area contributed by atoms with Crippen molar-refractivity contribution in [1.82, 2.24) is 10.2 Å². The largest absolute Gasteiger partial charge is 0.399 e. The number of amides is 1. The second kappa shape index (κ2) is 6.91. The molecule has 1 saturated heterocycles. The Balaban J connectivity index is 1.68. The predicted molar refractivity (Wildman–Crippen MR) is 84.0 cm³/mol. The van der Waals surface area contributed by atoms with Crippen LogP contribution in [0.25, 0.3) is 0 Å². The Morgan fingerprint density at radius 1 is 1.38 bits per heavy atom. The zero-order chi connectivity index (χ0) is 15.3. The van der Waals surface area contributed by atoms with Crippen LogP contribution < -0.4 is 11.1 Å². The van der Waals surface area contributed by atoms with Crippen LogP contribution in [-0.2, 0) is 16.0 Å². The maximum atomic E-state index is 11.9. The van der Waals surface area contributed by atoms with Gasteiger partial charge < -0.3 is 15.8 Å². The summed E-state index contributed by atoms with van der Waals surface area (Å²) in [6.45, 7) is 8.31. The third kappa shape index (κ3) is 5.36. The third-order valence-electron chi connectivity index (χ3n) is 3.60. The first kappa shape index (κ1) is 15.8. The number of benzene rings is 1. The van der Waals surface area contributed by atoms with E-state index in [0.29, 0.717) is 18.7 Å². The molecule has 2 rings (SSSR count). The first-order chi connectivity index (χ1) is 9.94. The van der Waals surface area contributed by atoms with Gasteiger partial charge in [-0.3, -0.25) is 9.69 Å². The fourth-order valence-corrected chi connectivity index (χ4v) is 2.54. The monoisotopic (exact) mass is 291 g/mol. The van der Waals surface area contributed by atoms with E-state index in [-0.39, 0.29) is 11.5 Å². The summed E-state index contributed by atoms with van der Waals surface area (Å²) >= 11 is 0. The van der Waals surface area contributed by atoms with Crippen molar-refractivity contribution in [1.29, 1.82) is 0 Å². The summed E-state index contributed by atoms with van der Waals surface area (Å²) in [6.07, 6.45) is 0.398. The molecule has 1 aromatic rings. The smallest absolute Gasteiger partial charge is 0.224 e. The molecule has 1 aliphatic rings. The molecule has 0 unspecified atom stereocenters. The number of nitrogen functional groups attached to an aromatic ring is 1. The Morgan fingerprint density at radius 2 is 2.10 bits per heavy atom. The lowest BCUT2D eigenvalue weighted by molar-refractivity contribution is -0.120. The number of morpholine rings is 1. The van der Waals surface area contributed by atoms with Crippen molar-refractivity contribution in [3.8, 4) is 0 Å². The summed E-state index contributed by atoms with van der Waals surface area (Å²) in [7, 11) is 0. The minimum absolute atomic E-state index is 0.0484. The molecule has 0 aromatic heterocycles. The predicted octanol–water partition coefficient (Wildman–Crippen LogP) is 1.04. The summed E-state index contributed by atoms with van der Waals surface area (Å²) in [6, 6.07) is 7.41. The minimum atomic E-state index is -0.0910. The first-order valence-corrected chi connectivity index (χ1v) is 7.42. The molecule has 0 atom stereocenters. The Hall–Kier alpha value is -1.59. The van der Waals surface area contributed by atoms with E-state index in [1.807, 2.05) is 24.3 Å². The Labute approximate surface area is 126 Å². The molecule has 1 fully saturated rings. The number of carbonyl (C=O) groups excluding carboxylic acids is 1. The van der Waals surface area contributed by atoms with Crippen molar-refractivity contribution in [2.45, 2.75) is 25.9 Å². The summed E-state index contributed by atoms with van der Waals surface area (Å²) < 4.78 is 5.67.